The van der Waals surface area contributed by atoms with E-state index in [1.54, 1.807) is 48.5 Å². The number of carbonyl (C=O) groups excluding carboxylic acids is 8. The third-order valence-corrected chi connectivity index (χ3v) is 15.0. The highest BCUT2D eigenvalue weighted by atomic mass is 16.6. The summed E-state index contributed by atoms with van der Waals surface area (Å²) >= 11 is 0. The lowest BCUT2D eigenvalue weighted by molar-refractivity contribution is -0.926. The van der Waals surface area contributed by atoms with E-state index in [4.69, 9.17) is 18.9 Å². The van der Waals surface area contributed by atoms with Gasteiger partial charge in [0.25, 0.3) is 0 Å². The molecule has 4 aromatic carbocycles. The first-order valence-corrected chi connectivity index (χ1v) is 33.0. The number of rotatable bonds is 30. The van der Waals surface area contributed by atoms with Crippen molar-refractivity contribution in [2.45, 2.75) is 122 Å². The zero-order valence-corrected chi connectivity index (χ0v) is 61.4. The molecule has 0 amide bonds. The quantitative estimate of drug-likeness (QED) is 0.0270. The van der Waals surface area contributed by atoms with Crippen LogP contribution in [0.25, 0.3) is 0 Å². The number of quaternary nitrogens is 4. The third-order valence-electron chi connectivity index (χ3n) is 15.0. The molecule has 0 saturated carbocycles. The van der Waals surface area contributed by atoms with Gasteiger partial charge in [0.15, 0.2) is 0 Å². The summed E-state index contributed by atoms with van der Waals surface area (Å²) < 4.78 is 41.7. The van der Waals surface area contributed by atoms with E-state index in [1.165, 1.54) is 101 Å². The molecule has 0 aromatic heterocycles. The molecule has 0 aliphatic carbocycles. The van der Waals surface area contributed by atoms with Crippen molar-refractivity contribution in [3.05, 3.63) is 144 Å². The zero-order chi connectivity index (χ0) is 72.3. The summed E-state index contributed by atoms with van der Waals surface area (Å²) in [5.41, 5.74) is 2.50. The Bertz CT molecular complexity index is 2490. The van der Waals surface area contributed by atoms with Crippen LogP contribution in [0.3, 0.4) is 0 Å². The van der Waals surface area contributed by atoms with Crippen LogP contribution >= 0.6 is 0 Å². The molecular weight excluding hydrogens is 1200 g/mol. The van der Waals surface area contributed by atoms with Gasteiger partial charge in [-0.15, -0.1) is 0 Å². The average molecular weight is 1330 g/mol. The van der Waals surface area contributed by atoms with E-state index in [1.807, 2.05) is 72.8 Å². The Labute approximate surface area is 566 Å². The van der Waals surface area contributed by atoms with Crippen LogP contribution in [0, 0.1) is 0 Å². The maximum atomic E-state index is 12.0. The maximum Gasteiger partial charge on any atom is 0.338 e. The van der Waals surface area contributed by atoms with Crippen LogP contribution in [0.15, 0.2) is 121 Å². The lowest BCUT2D eigenvalue weighted by Crippen LogP contribution is -2.51. The summed E-state index contributed by atoms with van der Waals surface area (Å²) in [7, 11) is 11.6. The first-order valence-electron chi connectivity index (χ1n) is 33.0. The summed E-state index contributed by atoms with van der Waals surface area (Å²) in [6.45, 7) is 41.0. The molecule has 0 N–H and O–H groups in total. The van der Waals surface area contributed by atoms with Crippen LogP contribution in [0.4, 0.5) is 0 Å². The van der Waals surface area contributed by atoms with Crippen LogP contribution in [-0.4, -0.2) is 227 Å². The molecule has 0 heterocycles. The molecule has 0 spiro atoms. The largest absolute Gasteiger partial charge is 0.469 e. The number of unbranched alkanes of at least 4 members (excludes halogenated alkanes) is 1. The SMILES string of the molecule is CCCC[N+](CC)(CCC)CCOC(=O)c1ccccc1.CCC[N+](CC)(CCC)CCOC(=O)c1ccccc1.CC[N+](CC)(CC)CCOC(=O)c1ccccc1.COC(C)=O.COC(C)=O.COC(C)=O.COC(C)=O.C[N+](C)(C)CCOC(=O)c1ccccc1. The summed E-state index contributed by atoms with van der Waals surface area (Å²) in [4.78, 5) is 85.5. The molecule has 0 fully saturated rings. The number of hydrogen-bond acceptors (Lipinski definition) is 16. The van der Waals surface area contributed by atoms with Crippen molar-refractivity contribution < 1.29 is 94.2 Å². The highest BCUT2D eigenvalue weighted by Crippen LogP contribution is 2.14. The molecule has 20 nitrogen and oxygen atoms in total. The van der Waals surface area contributed by atoms with Gasteiger partial charge < -0.3 is 55.8 Å². The van der Waals surface area contributed by atoms with Gasteiger partial charge >= 0.3 is 47.8 Å². The third kappa shape index (κ3) is 50.0. The molecule has 0 bridgehead atoms. The Morgan fingerprint density at radius 1 is 0.287 bits per heavy atom. The zero-order valence-electron chi connectivity index (χ0n) is 61.4. The van der Waals surface area contributed by atoms with Crippen molar-refractivity contribution in [2.24, 2.45) is 0 Å². The van der Waals surface area contributed by atoms with Gasteiger partial charge in [0, 0.05) is 27.7 Å². The predicted octanol–water partition coefficient (Wildman–Crippen LogP) is 12.4. The second-order valence-electron chi connectivity index (χ2n) is 22.8. The number of hydrogen-bond donors (Lipinski definition) is 0. The lowest BCUT2D eigenvalue weighted by atomic mass is 10.2. The minimum atomic E-state index is -0.246. The van der Waals surface area contributed by atoms with Gasteiger partial charge in [-0.05, 0) is 109 Å². The monoisotopic (exact) mass is 1320 g/mol. The Kier molecular flexibility index (Phi) is 57.4. The molecule has 0 aliphatic heterocycles. The van der Waals surface area contributed by atoms with Gasteiger partial charge in [-0.1, -0.05) is 107 Å². The number of methoxy groups -OCH3 is 4. The fraction of sp³-hybridized carbons (Fsp3) is 0.568. The highest BCUT2D eigenvalue weighted by molar-refractivity contribution is 5.90. The van der Waals surface area contributed by atoms with Crippen molar-refractivity contribution in [1.82, 2.24) is 0 Å². The van der Waals surface area contributed by atoms with E-state index in [0.29, 0.717) is 48.7 Å². The summed E-state index contributed by atoms with van der Waals surface area (Å²) in [6, 6.07) is 36.6. The van der Waals surface area contributed by atoms with Crippen molar-refractivity contribution in [3.8, 4) is 0 Å². The first-order chi connectivity index (χ1) is 44.6. The standard InChI is InChI=1S/C18H30NO2.C17H28NO2.C15H24NO2.C12H18NO2.4C3H6O2/c1-4-7-14-19(6-3,13-5-2)15-16-21-18(20)17-11-9-8-10-12-17;1-4-12-18(6-3,13-5-2)14-15-20-17(19)16-10-8-7-9-11-16;1-4-16(5-2,6-3)12-13-18-15(17)14-10-8-7-9-11-14;1-13(2,3)9-10-15-12(14)11-7-5-4-6-8-11;4*1-3(4)5-2/h8-12H,4-7,13-16H2,1-3H3;7-11H,4-6,12-15H2,1-3H3;7-11H,4-6,12-13H2,1-3H3;4-8H,9-10H2,1-3H3;4*1-2H3/q4*+1;;;;. The average Bonchev–Trinajstić information content (AvgIpc) is 1.12. The van der Waals surface area contributed by atoms with Crippen LogP contribution < -0.4 is 0 Å². The smallest absolute Gasteiger partial charge is 0.338 e. The molecule has 94 heavy (non-hydrogen) atoms. The van der Waals surface area contributed by atoms with Gasteiger partial charge in [-0.3, -0.25) is 19.2 Å². The molecule has 1 atom stereocenters. The van der Waals surface area contributed by atoms with Crippen LogP contribution in [0.5, 0.6) is 0 Å². The van der Waals surface area contributed by atoms with E-state index >= 15 is 0 Å². The van der Waals surface area contributed by atoms with E-state index in [-0.39, 0.29) is 47.8 Å². The fourth-order valence-electron chi connectivity index (χ4n) is 8.72. The molecule has 4 aromatic rings. The Balaban J connectivity index is -0.000000524. The Hall–Kier alpha value is -7.52. The number of benzene rings is 4. The predicted molar refractivity (Wildman–Crippen MR) is 374 cm³/mol. The highest BCUT2D eigenvalue weighted by Gasteiger charge is 2.26. The Morgan fingerprint density at radius 3 is 0.670 bits per heavy atom. The molecule has 0 radical (unpaired) electrons. The van der Waals surface area contributed by atoms with Gasteiger partial charge in [0.1, 0.15) is 52.6 Å². The molecular formula is C74H124N4O16+4. The Morgan fingerprint density at radius 2 is 0.489 bits per heavy atom. The molecule has 0 aliphatic rings. The molecule has 0 saturated heterocycles. The normalized spacial score (nSPS) is 10.9. The second kappa shape index (κ2) is 58.1. The van der Waals surface area contributed by atoms with Gasteiger partial charge in [-0.2, -0.15) is 0 Å². The number of likely N-dealkylation sites (N-methyl/N-ethyl adjacent to an activating group) is 4. The summed E-state index contributed by atoms with van der Waals surface area (Å²) in [5, 5.41) is 0. The second-order valence-corrected chi connectivity index (χ2v) is 22.8. The van der Waals surface area contributed by atoms with Gasteiger partial charge in [0.2, 0.25) is 0 Å². The van der Waals surface area contributed by atoms with E-state index in [0.717, 1.165) is 89.9 Å². The van der Waals surface area contributed by atoms with Gasteiger partial charge in [-0.25, -0.2) is 19.2 Å². The number of carbonyl (C=O) groups is 8. The van der Waals surface area contributed by atoms with E-state index < -0.39 is 0 Å². The van der Waals surface area contributed by atoms with Crippen molar-refractivity contribution in [1.29, 1.82) is 0 Å². The molecule has 20 heteroatoms. The van der Waals surface area contributed by atoms with Crippen molar-refractivity contribution >= 4 is 47.8 Å². The number of ether oxygens (including phenoxy) is 8. The molecule has 1 unspecified atom stereocenters. The van der Waals surface area contributed by atoms with Crippen LogP contribution in [-0.2, 0) is 57.1 Å². The number of nitrogens with zero attached hydrogens (tertiary/aromatic N) is 4. The van der Waals surface area contributed by atoms with E-state index in [9.17, 15) is 38.4 Å². The summed E-state index contributed by atoms with van der Waals surface area (Å²) in [5.74, 6) is -1.88. The summed E-state index contributed by atoms with van der Waals surface area (Å²) in [6.07, 6.45) is 5.96. The maximum absolute atomic E-state index is 12.0. The lowest BCUT2D eigenvalue weighted by Gasteiger charge is -2.37. The van der Waals surface area contributed by atoms with Crippen LogP contribution in [0.2, 0.25) is 0 Å². The van der Waals surface area contributed by atoms with Crippen LogP contribution in [0.1, 0.15) is 164 Å². The van der Waals surface area contributed by atoms with Crippen molar-refractivity contribution in [3.63, 3.8) is 0 Å². The molecule has 532 valence electrons. The van der Waals surface area contributed by atoms with E-state index in [2.05, 4.69) is 102 Å². The minimum absolute atomic E-state index is 0.211. The van der Waals surface area contributed by atoms with Gasteiger partial charge in [0.05, 0.1) is 131 Å². The first kappa shape index (κ1) is 92.9. The minimum Gasteiger partial charge on any atom is -0.469 e. The van der Waals surface area contributed by atoms with Crippen molar-refractivity contribution in [2.75, 3.05) is 161 Å². The molecule has 4 rings (SSSR count). The number of esters is 8. The fourth-order valence-corrected chi connectivity index (χ4v) is 8.72. The topological polar surface area (TPSA) is 210 Å².